The van der Waals surface area contributed by atoms with Gasteiger partial charge >= 0.3 is 0 Å². The van der Waals surface area contributed by atoms with Crippen LogP contribution >= 0.6 is 0 Å². The highest BCUT2D eigenvalue weighted by atomic mass is 16.5. The molecule has 3 aromatic heterocycles. The summed E-state index contributed by atoms with van der Waals surface area (Å²) in [6, 6.07) is 17.1. The Morgan fingerprint density at radius 1 is 1.16 bits per heavy atom. The number of aromatic nitrogens is 7. The fourth-order valence-electron chi connectivity index (χ4n) is 4.82. The molecule has 0 saturated carbocycles. The van der Waals surface area contributed by atoms with Crippen LogP contribution in [-0.2, 0) is 16.3 Å². The number of nitrogens with one attached hydrogen (secondary N) is 1. The first-order valence-corrected chi connectivity index (χ1v) is 12.4. The van der Waals surface area contributed by atoms with E-state index in [-0.39, 0.29) is 18.7 Å². The third-order valence-electron chi connectivity index (χ3n) is 6.57. The van der Waals surface area contributed by atoms with E-state index in [0.29, 0.717) is 23.1 Å². The number of carbonyl (C=O) groups is 1. The predicted octanol–water partition coefficient (Wildman–Crippen LogP) is 4.36. The fraction of sp³-hybridized carbons (Fsp3) is 0.259. The number of ether oxygens (including phenoxy) is 2. The van der Waals surface area contributed by atoms with Gasteiger partial charge in [0.1, 0.15) is 17.2 Å². The second kappa shape index (κ2) is 10.0. The maximum absolute atomic E-state index is 12.4. The molecule has 11 heteroatoms. The van der Waals surface area contributed by atoms with Crippen LogP contribution in [0.5, 0.6) is 11.5 Å². The molecule has 1 aliphatic rings. The van der Waals surface area contributed by atoms with Gasteiger partial charge in [0, 0.05) is 44.0 Å². The van der Waals surface area contributed by atoms with Crippen LogP contribution < -0.4 is 4.74 Å². The van der Waals surface area contributed by atoms with Gasteiger partial charge in [-0.2, -0.15) is 0 Å². The number of fused-ring (bicyclic) bond motifs is 1. The molecule has 0 aliphatic carbocycles. The molecule has 1 N–H and O–H groups in total. The molecule has 2 aromatic carbocycles. The largest absolute Gasteiger partial charge is 0.457 e. The average Bonchev–Trinajstić information content (AvgIpc) is 3.69. The van der Waals surface area contributed by atoms with E-state index in [1.807, 2.05) is 59.5 Å². The summed E-state index contributed by atoms with van der Waals surface area (Å²) in [5.74, 6) is 2.53. The maximum atomic E-state index is 12.4. The third-order valence-corrected chi connectivity index (χ3v) is 6.57. The number of rotatable bonds is 7. The van der Waals surface area contributed by atoms with Crippen molar-refractivity contribution in [2.45, 2.75) is 32.5 Å². The van der Waals surface area contributed by atoms with E-state index in [1.165, 1.54) is 4.80 Å². The Bertz CT molecular complexity index is 1580. The Morgan fingerprint density at radius 2 is 2.03 bits per heavy atom. The number of hydrogen-bond acceptors (Lipinski definition) is 8. The molecule has 1 atom stereocenters. The number of tetrazole rings is 1. The lowest BCUT2D eigenvalue weighted by Gasteiger charge is -2.25. The number of benzene rings is 2. The zero-order chi connectivity index (χ0) is 26.1. The van der Waals surface area contributed by atoms with Crippen molar-refractivity contribution in [2.24, 2.45) is 0 Å². The quantitative estimate of drug-likeness (QED) is 0.343. The SMILES string of the molecule is COCn1nnc(-c2ccc(Oc3cc4nc(-c5ccccn5)[nH]c4cc3C3CCCN3C(C)=O)cc2)n1. The Balaban J connectivity index is 1.36. The molecule has 5 aromatic rings. The van der Waals surface area contributed by atoms with Gasteiger partial charge in [-0.05, 0) is 60.5 Å². The molecule has 1 amide bonds. The number of nitrogens with zero attached hydrogens (tertiary/aromatic N) is 7. The molecule has 11 nitrogen and oxygen atoms in total. The molecular formula is C27H26N8O3. The number of carbonyl (C=O) groups excluding carboxylic acids is 1. The molecule has 1 unspecified atom stereocenters. The van der Waals surface area contributed by atoms with E-state index in [9.17, 15) is 4.79 Å². The molecule has 6 rings (SSSR count). The lowest BCUT2D eigenvalue weighted by atomic mass is 10.0. The van der Waals surface area contributed by atoms with Crippen molar-refractivity contribution in [1.82, 2.24) is 40.1 Å². The fourth-order valence-corrected chi connectivity index (χ4v) is 4.82. The summed E-state index contributed by atoms with van der Waals surface area (Å²) in [5.41, 5.74) is 4.12. The molecule has 192 valence electrons. The van der Waals surface area contributed by atoms with Crippen molar-refractivity contribution in [2.75, 3.05) is 13.7 Å². The number of H-pyrrole nitrogens is 1. The van der Waals surface area contributed by atoms with Gasteiger partial charge in [0.15, 0.2) is 12.6 Å². The molecule has 0 radical (unpaired) electrons. The second-order valence-corrected chi connectivity index (χ2v) is 9.11. The smallest absolute Gasteiger partial charge is 0.219 e. The maximum Gasteiger partial charge on any atom is 0.219 e. The summed E-state index contributed by atoms with van der Waals surface area (Å²) in [6.45, 7) is 2.57. The minimum Gasteiger partial charge on any atom is -0.457 e. The minimum atomic E-state index is -0.0761. The minimum absolute atomic E-state index is 0.0516. The van der Waals surface area contributed by atoms with Gasteiger partial charge in [-0.15, -0.1) is 15.0 Å². The van der Waals surface area contributed by atoms with Crippen molar-refractivity contribution in [3.63, 3.8) is 0 Å². The molecule has 1 fully saturated rings. The van der Waals surface area contributed by atoms with Crippen LogP contribution in [0, 0.1) is 0 Å². The van der Waals surface area contributed by atoms with Gasteiger partial charge in [0.2, 0.25) is 11.7 Å². The van der Waals surface area contributed by atoms with Gasteiger partial charge in [0.05, 0.1) is 17.1 Å². The van der Waals surface area contributed by atoms with E-state index in [1.54, 1.807) is 20.2 Å². The first-order chi connectivity index (χ1) is 18.6. The molecular weight excluding hydrogens is 484 g/mol. The van der Waals surface area contributed by atoms with Crippen LogP contribution in [0.25, 0.3) is 33.9 Å². The number of aromatic amines is 1. The Kier molecular flexibility index (Phi) is 6.26. The van der Waals surface area contributed by atoms with Crippen molar-refractivity contribution in [3.8, 4) is 34.4 Å². The van der Waals surface area contributed by atoms with Crippen LogP contribution in [0.4, 0.5) is 0 Å². The molecule has 0 spiro atoms. The molecule has 0 bridgehead atoms. The highest BCUT2D eigenvalue weighted by Crippen LogP contribution is 2.41. The summed E-state index contributed by atoms with van der Waals surface area (Å²) >= 11 is 0. The summed E-state index contributed by atoms with van der Waals surface area (Å²) in [7, 11) is 1.57. The number of likely N-dealkylation sites (tertiary alicyclic amines) is 1. The first-order valence-electron chi connectivity index (χ1n) is 12.4. The highest BCUT2D eigenvalue weighted by Gasteiger charge is 2.31. The van der Waals surface area contributed by atoms with E-state index >= 15 is 0 Å². The van der Waals surface area contributed by atoms with Crippen molar-refractivity contribution in [1.29, 1.82) is 0 Å². The van der Waals surface area contributed by atoms with Gasteiger partial charge in [-0.25, -0.2) is 4.98 Å². The van der Waals surface area contributed by atoms with Crippen molar-refractivity contribution in [3.05, 3.63) is 66.4 Å². The Morgan fingerprint density at radius 3 is 2.79 bits per heavy atom. The lowest BCUT2D eigenvalue weighted by molar-refractivity contribution is -0.129. The number of imidazole rings is 1. The molecule has 38 heavy (non-hydrogen) atoms. The summed E-state index contributed by atoms with van der Waals surface area (Å²) in [6.07, 6.45) is 3.54. The second-order valence-electron chi connectivity index (χ2n) is 9.11. The van der Waals surface area contributed by atoms with E-state index in [4.69, 9.17) is 14.5 Å². The molecule has 1 aliphatic heterocycles. The lowest BCUT2D eigenvalue weighted by Crippen LogP contribution is -2.28. The van der Waals surface area contributed by atoms with Crippen LogP contribution in [0.3, 0.4) is 0 Å². The number of amides is 1. The monoisotopic (exact) mass is 510 g/mol. The van der Waals surface area contributed by atoms with Crippen LogP contribution in [0.2, 0.25) is 0 Å². The zero-order valence-corrected chi connectivity index (χ0v) is 21.0. The van der Waals surface area contributed by atoms with Crippen LogP contribution in [-0.4, -0.2) is 59.6 Å². The molecule has 1 saturated heterocycles. The first kappa shape index (κ1) is 23.7. The van der Waals surface area contributed by atoms with Crippen LogP contribution in [0.15, 0.2) is 60.8 Å². The topological polar surface area (TPSA) is 124 Å². The number of hydrogen-bond donors (Lipinski definition) is 1. The van der Waals surface area contributed by atoms with Gasteiger partial charge in [-0.1, -0.05) is 6.07 Å². The van der Waals surface area contributed by atoms with Gasteiger partial charge < -0.3 is 19.4 Å². The number of methoxy groups -OCH3 is 1. The van der Waals surface area contributed by atoms with Gasteiger partial charge in [-0.3, -0.25) is 9.78 Å². The molecule has 4 heterocycles. The predicted molar refractivity (Wildman–Crippen MR) is 139 cm³/mol. The zero-order valence-electron chi connectivity index (χ0n) is 21.0. The summed E-state index contributed by atoms with van der Waals surface area (Å²) in [5, 5.41) is 12.4. The number of pyridine rings is 1. The third kappa shape index (κ3) is 4.59. The van der Waals surface area contributed by atoms with E-state index < -0.39 is 0 Å². The van der Waals surface area contributed by atoms with Crippen molar-refractivity contribution < 1.29 is 14.3 Å². The summed E-state index contributed by atoms with van der Waals surface area (Å²) < 4.78 is 11.5. The van der Waals surface area contributed by atoms with Gasteiger partial charge in [0.25, 0.3) is 0 Å². The summed E-state index contributed by atoms with van der Waals surface area (Å²) in [4.78, 5) is 28.2. The van der Waals surface area contributed by atoms with E-state index in [0.717, 1.165) is 47.2 Å². The normalized spacial score (nSPS) is 15.3. The standard InChI is InChI=1S/C27H26N8O3/c1-17(36)34-13-5-7-24(34)20-14-22-23(30-27(29-22)21-6-3-4-12-28-21)15-25(20)38-19-10-8-18(9-11-19)26-31-33-35(32-26)16-37-2/h3-4,6,8-12,14-15,24H,5,7,13,16H2,1-2H3,(H,29,30). The highest BCUT2D eigenvalue weighted by molar-refractivity contribution is 5.82. The Labute approximate surface area is 218 Å². The van der Waals surface area contributed by atoms with E-state index in [2.05, 4.69) is 25.4 Å². The van der Waals surface area contributed by atoms with Crippen molar-refractivity contribution >= 4 is 16.9 Å². The Hall–Kier alpha value is -4.64. The average molecular weight is 511 g/mol. The van der Waals surface area contributed by atoms with Crippen LogP contribution in [0.1, 0.15) is 31.4 Å².